The highest BCUT2D eigenvalue weighted by atomic mass is 16.5. The van der Waals surface area contributed by atoms with Crippen LogP contribution in [0.25, 0.3) is 0 Å². The summed E-state index contributed by atoms with van der Waals surface area (Å²) in [4.78, 5) is 28.0. The Morgan fingerprint density at radius 3 is 1.38 bits per heavy atom. The fourth-order valence-corrected chi connectivity index (χ4v) is 3.12. The number of rotatable bonds is 10. The molecular weight excluding hydrogens is 366 g/mol. The number of ether oxygens (including phenoxy) is 2. The van der Waals surface area contributed by atoms with Gasteiger partial charge in [0.15, 0.2) is 11.6 Å². The first-order valence-electron chi connectivity index (χ1n) is 9.60. The second kappa shape index (κ2) is 9.73. The zero-order chi connectivity index (χ0) is 20.6. The molecular formula is C24H25NO4. The molecule has 0 atom stereocenters. The molecule has 1 aromatic heterocycles. The fourth-order valence-electron chi connectivity index (χ4n) is 3.12. The van der Waals surface area contributed by atoms with E-state index in [1.807, 2.05) is 12.1 Å². The van der Waals surface area contributed by atoms with Crippen molar-refractivity contribution in [1.82, 2.24) is 4.98 Å². The van der Waals surface area contributed by atoms with Crippen LogP contribution in [-0.2, 0) is 12.8 Å². The summed E-state index contributed by atoms with van der Waals surface area (Å²) in [7, 11) is 3.20. The van der Waals surface area contributed by atoms with Gasteiger partial charge in [-0.3, -0.25) is 9.59 Å². The molecule has 3 aromatic rings. The van der Waals surface area contributed by atoms with Crippen molar-refractivity contribution in [3.8, 4) is 11.5 Å². The Hall–Kier alpha value is -3.34. The molecule has 3 rings (SSSR count). The highest BCUT2D eigenvalue weighted by Crippen LogP contribution is 2.16. The normalized spacial score (nSPS) is 10.6. The van der Waals surface area contributed by atoms with Crippen LogP contribution in [0.5, 0.6) is 11.5 Å². The van der Waals surface area contributed by atoms with Crippen LogP contribution in [-0.4, -0.2) is 30.8 Å². The zero-order valence-corrected chi connectivity index (χ0v) is 16.7. The summed E-state index contributed by atoms with van der Waals surface area (Å²) in [5, 5.41) is 0. The molecule has 0 saturated carbocycles. The van der Waals surface area contributed by atoms with Crippen molar-refractivity contribution in [1.29, 1.82) is 0 Å². The van der Waals surface area contributed by atoms with Crippen molar-refractivity contribution in [2.45, 2.75) is 25.7 Å². The number of hydrogen-bond donors (Lipinski definition) is 1. The highest BCUT2D eigenvalue weighted by molar-refractivity contribution is 5.96. The minimum Gasteiger partial charge on any atom is -0.497 e. The molecule has 0 aliphatic heterocycles. The van der Waals surface area contributed by atoms with E-state index in [-0.39, 0.29) is 11.6 Å². The number of nitrogens with one attached hydrogen (secondary N) is 1. The lowest BCUT2D eigenvalue weighted by molar-refractivity contribution is 0.0975. The topological polar surface area (TPSA) is 68.4 Å². The average Bonchev–Trinajstić information content (AvgIpc) is 3.23. The SMILES string of the molecule is COc1ccc(C(=O)CCc2ccc(CCC(=O)c3ccc(OC)cc3)[nH]2)cc1. The lowest BCUT2D eigenvalue weighted by Gasteiger charge is -2.03. The van der Waals surface area contributed by atoms with Crippen LogP contribution in [0.4, 0.5) is 0 Å². The number of aromatic amines is 1. The number of ketones is 2. The van der Waals surface area contributed by atoms with Crippen LogP contribution < -0.4 is 9.47 Å². The molecule has 2 aromatic carbocycles. The first-order chi connectivity index (χ1) is 14.1. The van der Waals surface area contributed by atoms with Gasteiger partial charge in [-0.1, -0.05) is 0 Å². The number of carbonyl (C=O) groups excluding carboxylic acids is 2. The zero-order valence-electron chi connectivity index (χ0n) is 16.7. The summed E-state index contributed by atoms with van der Waals surface area (Å²) in [5.74, 6) is 1.66. The van der Waals surface area contributed by atoms with Crippen molar-refractivity contribution in [2.24, 2.45) is 0 Å². The van der Waals surface area contributed by atoms with E-state index in [2.05, 4.69) is 4.98 Å². The molecule has 0 spiro atoms. The Kier molecular flexibility index (Phi) is 6.85. The van der Waals surface area contributed by atoms with Crippen LogP contribution in [0.2, 0.25) is 0 Å². The number of benzene rings is 2. The van der Waals surface area contributed by atoms with Crippen molar-refractivity contribution in [3.63, 3.8) is 0 Å². The summed E-state index contributed by atoms with van der Waals surface area (Å²) in [6.07, 6.45) is 2.13. The Morgan fingerprint density at radius 1 is 0.655 bits per heavy atom. The maximum absolute atomic E-state index is 12.3. The number of Topliss-reactive ketones (excluding diaryl/α,β-unsaturated/α-hetero) is 2. The van der Waals surface area contributed by atoms with Gasteiger partial charge >= 0.3 is 0 Å². The molecule has 0 fully saturated rings. The smallest absolute Gasteiger partial charge is 0.163 e. The van der Waals surface area contributed by atoms with E-state index >= 15 is 0 Å². The Morgan fingerprint density at radius 2 is 1.03 bits per heavy atom. The van der Waals surface area contributed by atoms with Gasteiger partial charge in [0, 0.05) is 35.4 Å². The van der Waals surface area contributed by atoms with Gasteiger partial charge in [-0.2, -0.15) is 0 Å². The lowest BCUT2D eigenvalue weighted by atomic mass is 10.1. The Labute approximate surface area is 170 Å². The maximum Gasteiger partial charge on any atom is 0.163 e. The van der Waals surface area contributed by atoms with Crippen LogP contribution >= 0.6 is 0 Å². The molecule has 5 nitrogen and oxygen atoms in total. The molecule has 29 heavy (non-hydrogen) atoms. The minimum atomic E-state index is 0.0958. The largest absolute Gasteiger partial charge is 0.497 e. The quantitative estimate of drug-likeness (QED) is 0.510. The Bertz CT molecular complexity index is 877. The van der Waals surface area contributed by atoms with E-state index in [1.165, 1.54) is 0 Å². The van der Waals surface area contributed by atoms with E-state index in [9.17, 15) is 9.59 Å². The van der Waals surface area contributed by atoms with E-state index < -0.39 is 0 Å². The molecule has 0 bridgehead atoms. The van der Waals surface area contributed by atoms with Crippen molar-refractivity contribution >= 4 is 11.6 Å². The second-order valence-electron chi connectivity index (χ2n) is 6.81. The van der Waals surface area contributed by atoms with E-state index in [4.69, 9.17) is 9.47 Å². The second-order valence-corrected chi connectivity index (χ2v) is 6.81. The first-order valence-corrected chi connectivity index (χ1v) is 9.60. The minimum absolute atomic E-state index is 0.0958. The van der Waals surface area contributed by atoms with E-state index in [0.717, 1.165) is 22.9 Å². The molecule has 0 radical (unpaired) electrons. The third-order valence-corrected chi connectivity index (χ3v) is 4.87. The molecule has 0 saturated heterocycles. The van der Waals surface area contributed by atoms with Crippen molar-refractivity contribution in [2.75, 3.05) is 14.2 Å². The molecule has 1 N–H and O–H groups in total. The molecule has 150 valence electrons. The first kappa shape index (κ1) is 20.4. The maximum atomic E-state index is 12.3. The summed E-state index contributed by atoms with van der Waals surface area (Å²) in [6.45, 7) is 0. The van der Waals surface area contributed by atoms with Crippen molar-refractivity contribution in [3.05, 3.63) is 83.2 Å². The van der Waals surface area contributed by atoms with E-state index in [1.54, 1.807) is 62.8 Å². The number of hydrogen-bond acceptors (Lipinski definition) is 4. The fraction of sp³-hybridized carbons (Fsp3) is 0.250. The van der Waals surface area contributed by atoms with Crippen LogP contribution in [0.3, 0.4) is 0 Å². The van der Waals surface area contributed by atoms with Crippen LogP contribution in [0.1, 0.15) is 44.9 Å². The number of aryl methyl sites for hydroxylation is 2. The molecule has 0 unspecified atom stereocenters. The average molecular weight is 391 g/mol. The standard InChI is InChI=1S/C24H25NO4/c1-28-21-11-3-17(4-12-21)23(26)15-9-19-7-8-20(25-19)10-16-24(27)18-5-13-22(29-2)14-6-18/h3-8,11-14,25H,9-10,15-16H2,1-2H3. The highest BCUT2D eigenvalue weighted by Gasteiger charge is 2.10. The van der Waals surface area contributed by atoms with E-state index in [0.29, 0.717) is 36.8 Å². The molecule has 1 heterocycles. The van der Waals surface area contributed by atoms with Gasteiger partial charge in [-0.25, -0.2) is 0 Å². The van der Waals surface area contributed by atoms with Gasteiger partial charge in [0.2, 0.25) is 0 Å². The lowest BCUT2D eigenvalue weighted by Crippen LogP contribution is -2.03. The van der Waals surface area contributed by atoms with Gasteiger partial charge in [0.25, 0.3) is 0 Å². The van der Waals surface area contributed by atoms with Crippen LogP contribution in [0, 0.1) is 0 Å². The van der Waals surface area contributed by atoms with Crippen molar-refractivity contribution < 1.29 is 19.1 Å². The Balaban J connectivity index is 1.48. The van der Waals surface area contributed by atoms with Gasteiger partial charge < -0.3 is 14.5 Å². The summed E-state index contributed by atoms with van der Waals surface area (Å²) in [6, 6.07) is 18.3. The summed E-state index contributed by atoms with van der Waals surface area (Å²) in [5.41, 5.74) is 3.36. The molecule has 0 aliphatic carbocycles. The summed E-state index contributed by atoms with van der Waals surface area (Å²) >= 11 is 0. The number of H-pyrrole nitrogens is 1. The molecule has 5 heteroatoms. The number of methoxy groups -OCH3 is 2. The summed E-state index contributed by atoms with van der Waals surface area (Å²) < 4.78 is 10.2. The van der Waals surface area contributed by atoms with Gasteiger partial charge in [-0.05, 0) is 73.5 Å². The van der Waals surface area contributed by atoms with Gasteiger partial charge in [-0.15, -0.1) is 0 Å². The van der Waals surface area contributed by atoms with Crippen LogP contribution in [0.15, 0.2) is 60.7 Å². The van der Waals surface area contributed by atoms with Gasteiger partial charge in [0.1, 0.15) is 11.5 Å². The van der Waals surface area contributed by atoms with Gasteiger partial charge in [0.05, 0.1) is 14.2 Å². The monoisotopic (exact) mass is 391 g/mol. The third-order valence-electron chi connectivity index (χ3n) is 4.87. The third kappa shape index (κ3) is 5.57. The number of aromatic nitrogens is 1. The molecule has 0 aliphatic rings. The number of carbonyl (C=O) groups is 2. The predicted molar refractivity (Wildman–Crippen MR) is 112 cm³/mol. The predicted octanol–water partition coefficient (Wildman–Crippen LogP) is 4.66. The molecule has 0 amide bonds.